The lowest BCUT2D eigenvalue weighted by atomic mass is 9.98. The number of anilines is 3. The van der Waals surface area contributed by atoms with Crippen molar-refractivity contribution in [1.29, 1.82) is 0 Å². The van der Waals surface area contributed by atoms with Gasteiger partial charge in [0.2, 0.25) is 5.91 Å². The fraction of sp³-hybridized carbons (Fsp3) is 0.564. The van der Waals surface area contributed by atoms with Crippen LogP contribution in [0.3, 0.4) is 0 Å². The number of halogens is 3. The summed E-state index contributed by atoms with van der Waals surface area (Å²) in [5.74, 6) is -0.0929. The number of amides is 1. The van der Waals surface area contributed by atoms with Crippen molar-refractivity contribution in [2.24, 2.45) is 5.92 Å². The third-order valence-corrected chi connectivity index (χ3v) is 12.8. The van der Waals surface area contributed by atoms with Crippen LogP contribution in [-0.4, -0.2) is 104 Å². The molecule has 18 nitrogen and oxygen atoms in total. The first kappa shape index (κ1) is 47.1. The normalized spacial score (nSPS) is 24.1. The van der Waals surface area contributed by atoms with Crippen molar-refractivity contribution in [2.75, 3.05) is 49.8 Å². The molecule has 3 aromatic heterocycles. The highest BCUT2D eigenvalue weighted by molar-refractivity contribution is 14.1. The number of hydrogen-bond acceptors (Lipinski definition) is 15. The molecule has 2 fully saturated rings. The number of nitrogens with one attached hydrogen (secondary N) is 2. The van der Waals surface area contributed by atoms with Gasteiger partial charge in [0.25, 0.3) is 0 Å². The molecular formula is C39H52I3N9O9. The van der Waals surface area contributed by atoms with Gasteiger partial charge in [-0.25, -0.2) is 20.2 Å². The van der Waals surface area contributed by atoms with Gasteiger partial charge < -0.3 is 50.5 Å². The number of nitrogens with zero attached hydrogens (tertiary/aromatic N) is 5. The average Bonchev–Trinajstić information content (AvgIpc) is 3.87. The molecule has 5 heterocycles. The second-order valence-electron chi connectivity index (χ2n) is 14.8. The van der Waals surface area contributed by atoms with E-state index in [1.54, 1.807) is 16.8 Å². The number of hydroxylamine groups is 1. The lowest BCUT2D eigenvalue weighted by molar-refractivity contribution is -0.116. The molecule has 21 heteroatoms. The van der Waals surface area contributed by atoms with E-state index in [9.17, 15) is 19.8 Å². The lowest BCUT2D eigenvalue weighted by Crippen LogP contribution is -2.40. The maximum absolute atomic E-state index is 12.7. The Morgan fingerprint density at radius 2 is 1.63 bits per heavy atom. The monoisotopic (exact) mass is 1170 g/mol. The summed E-state index contributed by atoms with van der Waals surface area (Å²) in [6.07, 6.45) is 5.01. The van der Waals surface area contributed by atoms with E-state index in [0.29, 0.717) is 36.5 Å². The zero-order valence-corrected chi connectivity index (χ0v) is 39.6. The molecule has 0 radical (unpaired) electrons. The Morgan fingerprint density at radius 1 is 0.900 bits per heavy atom. The van der Waals surface area contributed by atoms with Gasteiger partial charge in [0.1, 0.15) is 48.0 Å². The summed E-state index contributed by atoms with van der Waals surface area (Å²) >= 11 is 6.76. The number of fused-ring (bicyclic) bond motifs is 1. The van der Waals surface area contributed by atoms with Crippen LogP contribution in [0.2, 0.25) is 0 Å². The summed E-state index contributed by atoms with van der Waals surface area (Å²) in [5, 5.41) is 26.7. The first-order valence-electron chi connectivity index (χ1n) is 20.0. The minimum absolute atomic E-state index is 0.00255. The van der Waals surface area contributed by atoms with E-state index in [-0.39, 0.29) is 31.5 Å². The number of ether oxygens (including phenoxy) is 4. The van der Waals surface area contributed by atoms with Crippen molar-refractivity contribution < 1.29 is 38.8 Å². The zero-order chi connectivity index (χ0) is 42.8. The number of carbonyl (C=O) groups is 1. The largest absolute Gasteiger partial charge is 0.388 e. The maximum atomic E-state index is 12.7. The predicted octanol–water partition coefficient (Wildman–Crippen LogP) is 4.50. The molecular weight excluding hydrogens is 1120 g/mol. The number of rotatable bonds is 22. The number of benzene rings is 1. The Kier molecular flexibility index (Phi) is 17.9. The molecule has 0 spiro atoms. The standard InChI is InChI=1S/C39H52I3N9O9/c1-2-3-7-15-57-34-33(54)28(60-38(34)51-13-11-29(43)48-39(51)55)20-58-47-18-24-27(59-37(32(24)53)50-12-10-23-35(44)45-21-46-36(23)50)19-56-14-8-5-4-6-9-30(52)49-31-25(41)16-22(40)17-26(31)42/h10-13,16-17,21,24,27-28,32-34,37-38,47,53-54H,2-9,14-15,18-20H2,1H3,(H,49,52)(H2,43,48,55)(H2,44,45,46). The second-order valence-corrected chi connectivity index (χ2v) is 18.3. The average molecular weight is 1170 g/mol. The quantitative estimate of drug-likeness (QED) is 0.0361. The van der Waals surface area contributed by atoms with Crippen LogP contribution in [-0.2, 0) is 28.6 Å². The van der Waals surface area contributed by atoms with Crippen LogP contribution < -0.4 is 28.0 Å². The van der Waals surface area contributed by atoms with Crippen LogP contribution in [0.1, 0.15) is 70.7 Å². The molecule has 1 aromatic carbocycles. The van der Waals surface area contributed by atoms with E-state index in [2.05, 4.69) is 100 Å². The Balaban J connectivity index is 1.01. The number of nitrogens with two attached hydrogens (primary N) is 2. The van der Waals surface area contributed by atoms with Crippen LogP contribution >= 0.6 is 67.8 Å². The zero-order valence-electron chi connectivity index (χ0n) is 33.1. The molecule has 2 aliphatic heterocycles. The molecule has 6 rings (SSSR count). The smallest absolute Gasteiger partial charge is 0.351 e. The summed E-state index contributed by atoms with van der Waals surface area (Å²) in [7, 11) is 0. The van der Waals surface area contributed by atoms with E-state index in [1.807, 2.05) is 12.1 Å². The number of nitrogen functional groups attached to an aromatic ring is 2. The Labute approximate surface area is 388 Å². The lowest BCUT2D eigenvalue weighted by Gasteiger charge is -2.22. The third-order valence-electron chi connectivity index (χ3n) is 10.5. The third kappa shape index (κ3) is 12.0. The first-order valence-corrected chi connectivity index (χ1v) is 23.3. The van der Waals surface area contributed by atoms with Crippen LogP contribution in [0.15, 0.2) is 47.8 Å². The molecule has 8 N–H and O–H groups in total. The number of unbranched alkanes of at least 4 members (excludes halogenated alkanes) is 5. The fourth-order valence-electron chi connectivity index (χ4n) is 7.29. The SMILES string of the molecule is CCCCCOC1C(O)C(CONCC2C(COCCCCCCC(=O)Nc3c(I)cc(I)cc3I)OC(n3ccc4c(N)ncnc43)C2O)OC1n1ccc(N)nc1=O. The van der Waals surface area contributed by atoms with Crippen LogP contribution in [0.4, 0.5) is 17.3 Å². The predicted molar refractivity (Wildman–Crippen MR) is 249 cm³/mol. The topological polar surface area (TPSA) is 245 Å². The van der Waals surface area contributed by atoms with Gasteiger partial charge in [-0.15, -0.1) is 0 Å². The Morgan fingerprint density at radius 3 is 2.40 bits per heavy atom. The highest BCUT2D eigenvalue weighted by Crippen LogP contribution is 2.37. The summed E-state index contributed by atoms with van der Waals surface area (Å²) in [6, 6.07) is 7.34. The van der Waals surface area contributed by atoms with E-state index >= 15 is 0 Å². The molecule has 4 aromatic rings. The van der Waals surface area contributed by atoms with Crippen LogP contribution in [0, 0.1) is 16.6 Å². The number of carbonyl (C=O) groups excluding carboxylic acids is 1. The summed E-state index contributed by atoms with van der Waals surface area (Å²) in [5.41, 5.74) is 15.5. The van der Waals surface area contributed by atoms with Gasteiger partial charge in [-0.2, -0.15) is 4.98 Å². The van der Waals surface area contributed by atoms with Crippen molar-refractivity contribution in [3.63, 3.8) is 0 Å². The molecule has 8 unspecified atom stereocenters. The fourth-order valence-corrected chi connectivity index (χ4v) is 11.1. The molecule has 0 saturated carbocycles. The molecule has 2 aliphatic rings. The highest BCUT2D eigenvalue weighted by Gasteiger charge is 2.47. The van der Waals surface area contributed by atoms with Gasteiger partial charge in [-0.3, -0.25) is 14.2 Å². The first-order chi connectivity index (χ1) is 29.0. The number of aliphatic hydroxyl groups excluding tert-OH is 2. The van der Waals surface area contributed by atoms with E-state index < -0.39 is 54.6 Å². The number of aliphatic hydroxyl groups is 2. The van der Waals surface area contributed by atoms with Gasteiger partial charge in [0.15, 0.2) is 12.5 Å². The van der Waals surface area contributed by atoms with Gasteiger partial charge in [0, 0.05) is 55.2 Å². The Hall–Kier alpha value is -2.34. The molecule has 8 atom stereocenters. The van der Waals surface area contributed by atoms with E-state index in [1.165, 1.54) is 23.2 Å². The van der Waals surface area contributed by atoms with Crippen molar-refractivity contribution in [1.82, 2.24) is 29.6 Å². The minimum atomic E-state index is -1.12. The van der Waals surface area contributed by atoms with Crippen LogP contribution in [0.5, 0.6) is 0 Å². The molecule has 0 aliphatic carbocycles. The number of aromatic nitrogens is 5. The summed E-state index contributed by atoms with van der Waals surface area (Å²) < 4.78 is 30.9. The van der Waals surface area contributed by atoms with Crippen molar-refractivity contribution in [3.05, 3.63) is 64.2 Å². The molecule has 328 valence electrons. The van der Waals surface area contributed by atoms with Crippen LogP contribution in [0.25, 0.3) is 11.0 Å². The van der Waals surface area contributed by atoms with Crippen molar-refractivity contribution >= 4 is 102 Å². The van der Waals surface area contributed by atoms with E-state index in [4.69, 9.17) is 35.3 Å². The van der Waals surface area contributed by atoms with Crippen molar-refractivity contribution in [3.8, 4) is 0 Å². The van der Waals surface area contributed by atoms with Crippen molar-refractivity contribution in [2.45, 2.75) is 101 Å². The Bertz CT molecular complexity index is 2070. The van der Waals surface area contributed by atoms with E-state index in [0.717, 1.165) is 61.3 Å². The number of hydrogen-bond donors (Lipinski definition) is 6. The summed E-state index contributed by atoms with van der Waals surface area (Å²) in [4.78, 5) is 43.4. The molecule has 2 saturated heterocycles. The molecule has 60 heavy (non-hydrogen) atoms. The molecule has 0 bridgehead atoms. The maximum Gasteiger partial charge on any atom is 0.351 e. The van der Waals surface area contributed by atoms with Gasteiger partial charge >= 0.3 is 5.69 Å². The summed E-state index contributed by atoms with van der Waals surface area (Å²) in [6.45, 7) is 3.21. The highest BCUT2D eigenvalue weighted by atomic mass is 127. The van der Waals surface area contributed by atoms with Gasteiger partial charge in [0.05, 0.1) is 30.4 Å². The van der Waals surface area contributed by atoms with Gasteiger partial charge in [-0.1, -0.05) is 32.6 Å². The second kappa shape index (κ2) is 22.8. The minimum Gasteiger partial charge on any atom is -0.388 e. The van der Waals surface area contributed by atoms with Gasteiger partial charge in [-0.05, 0) is 111 Å². The molecule has 1 amide bonds.